The van der Waals surface area contributed by atoms with Crippen LogP contribution in [-0.4, -0.2) is 41.6 Å². The summed E-state index contributed by atoms with van der Waals surface area (Å²) in [6.07, 6.45) is 0. The first-order valence-electron chi connectivity index (χ1n) is 8.17. The Labute approximate surface area is 140 Å². The minimum absolute atomic E-state index is 0.0504. The molecule has 128 valence electrons. The summed E-state index contributed by atoms with van der Waals surface area (Å²) in [6.45, 7) is 7.83. The van der Waals surface area contributed by atoms with Crippen LogP contribution in [0.1, 0.15) is 27.7 Å². The van der Waals surface area contributed by atoms with Crippen molar-refractivity contribution < 1.29 is 4.79 Å². The summed E-state index contributed by atoms with van der Waals surface area (Å²) < 4.78 is 4.67. The van der Waals surface area contributed by atoms with E-state index in [-0.39, 0.29) is 30.2 Å². The van der Waals surface area contributed by atoms with Crippen LogP contribution in [0.15, 0.2) is 29.1 Å². The van der Waals surface area contributed by atoms with Gasteiger partial charge < -0.3 is 9.47 Å². The number of imidazole rings is 1. The van der Waals surface area contributed by atoms with Crippen molar-refractivity contribution in [1.29, 1.82) is 0 Å². The van der Waals surface area contributed by atoms with E-state index >= 15 is 0 Å². The highest BCUT2D eigenvalue weighted by atomic mass is 16.2. The molecule has 0 N–H and O–H groups in total. The molecule has 3 aromatic rings. The second-order valence-corrected chi connectivity index (χ2v) is 6.61. The predicted octanol–water partition coefficient (Wildman–Crippen LogP) is 1.63. The summed E-state index contributed by atoms with van der Waals surface area (Å²) in [5.74, 6) is 0.435. The van der Waals surface area contributed by atoms with Crippen LogP contribution >= 0.6 is 0 Å². The summed E-state index contributed by atoms with van der Waals surface area (Å²) in [5, 5.41) is 4.37. The number of hydrogen-bond donors (Lipinski definition) is 0. The Hall–Kier alpha value is -2.57. The predicted molar refractivity (Wildman–Crippen MR) is 93.0 cm³/mol. The monoisotopic (exact) mass is 329 g/mol. The molecule has 7 nitrogen and oxygen atoms in total. The number of carbonyl (C=O) groups excluding carboxylic acids is 1. The normalized spacial score (nSPS) is 12.0. The van der Waals surface area contributed by atoms with Crippen LogP contribution in [0.4, 0.5) is 0 Å². The van der Waals surface area contributed by atoms with E-state index in [0.29, 0.717) is 5.78 Å². The van der Waals surface area contributed by atoms with Gasteiger partial charge in [-0.25, -0.2) is 13.9 Å². The fraction of sp³-hybridized carbons (Fsp3) is 0.471. The number of amides is 1. The van der Waals surface area contributed by atoms with Gasteiger partial charge in [0, 0.05) is 19.1 Å². The van der Waals surface area contributed by atoms with Gasteiger partial charge in [-0.2, -0.15) is 0 Å². The number of aryl methyl sites for hydroxylation is 1. The van der Waals surface area contributed by atoms with E-state index in [1.807, 2.05) is 63.6 Å². The van der Waals surface area contributed by atoms with Crippen LogP contribution in [0, 0.1) is 0 Å². The molecular formula is C17H23N5O2. The zero-order valence-corrected chi connectivity index (χ0v) is 14.7. The molecule has 1 aromatic carbocycles. The molecule has 7 heteroatoms. The number of aromatic nitrogens is 4. The molecule has 1 amide bonds. The van der Waals surface area contributed by atoms with Crippen molar-refractivity contribution in [2.45, 2.75) is 46.3 Å². The summed E-state index contributed by atoms with van der Waals surface area (Å²) in [6, 6.07) is 7.78. The topological polar surface area (TPSA) is 64.5 Å². The van der Waals surface area contributed by atoms with Gasteiger partial charge in [0.1, 0.15) is 6.54 Å². The van der Waals surface area contributed by atoms with Gasteiger partial charge in [0.15, 0.2) is 0 Å². The van der Waals surface area contributed by atoms with Crippen LogP contribution in [0.3, 0.4) is 0 Å². The zero-order valence-electron chi connectivity index (χ0n) is 14.7. The average Bonchev–Trinajstić information content (AvgIpc) is 2.96. The fourth-order valence-corrected chi connectivity index (χ4v) is 3.35. The summed E-state index contributed by atoms with van der Waals surface area (Å²) in [4.78, 5) is 27.1. The number of nitrogens with zero attached hydrogens (tertiary/aromatic N) is 5. The quantitative estimate of drug-likeness (QED) is 0.731. The number of carbonyl (C=O) groups is 1. The fourth-order valence-electron chi connectivity index (χ4n) is 3.35. The lowest BCUT2D eigenvalue weighted by molar-refractivity contribution is -0.135. The van der Waals surface area contributed by atoms with Crippen LogP contribution in [0.5, 0.6) is 0 Å². The highest BCUT2D eigenvalue weighted by Gasteiger charge is 2.23. The smallest absolute Gasteiger partial charge is 0.336 e. The number of rotatable bonds is 4. The van der Waals surface area contributed by atoms with Crippen molar-refractivity contribution >= 4 is 22.7 Å². The molecule has 3 rings (SSSR count). The molecular weight excluding hydrogens is 306 g/mol. The maximum atomic E-state index is 12.7. The summed E-state index contributed by atoms with van der Waals surface area (Å²) in [5.41, 5.74) is 1.44. The molecule has 0 aliphatic carbocycles. The minimum Gasteiger partial charge on any atom is -0.336 e. The molecule has 24 heavy (non-hydrogen) atoms. The van der Waals surface area contributed by atoms with Gasteiger partial charge in [-0.05, 0) is 39.8 Å². The largest absolute Gasteiger partial charge is 0.352 e. The molecule has 0 unspecified atom stereocenters. The van der Waals surface area contributed by atoms with Crippen LogP contribution < -0.4 is 5.69 Å². The molecule has 2 heterocycles. The Morgan fingerprint density at radius 1 is 1.12 bits per heavy atom. The Morgan fingerprint density at radius 2 is 1.71 bits per heavy atom. The molecule has 0 aliphatic heterocycles. The van der Waals surface area contributed by atoms with Crippen molar-refractivity contribution in [2.24, 2.45) is 7.05 Å². The lowest BCUT2D eigenvalue weighted by atomic mass is 10.2. The molecule has 0 spiro atoms. The number of fused-ring (bicyclic) bond motifs is 3. The van der Waals surface area contributed by atoms with E-state index in [1.54, 1.807) is 9.30 Å². The maximum absolute atomic E-state index is 12.7. The molecule has 0 saturated carbocycles. The maximum Gasteiger partial charge on any atom is 0.352 e. The Balaban J connectivity index is 2.06. The van der Waals surface area contributed by atoms with E-state index in [1.165, 1.54) is 4.68 Å². The van der Waals surface area contributed by atoms with Gasteiger partial charge >= 0.3 is 5.69 Å². The second kappa shape index (κ2) is 5.81. The van der Waals surface area contributed by atoms with Crippen molar-refractivity contribution in [1.82, 2.24) is 23.6 Å². The van der Waals surface area contributed by atoms with Crippen molar-refractivity contribution in [3.8, 4) is 0 Å². The van der Waals surface area contributed by atoms with Gasteiger partial charge in [-0.15, -0.1) is 5.10 Å². The number of para-hydroxylation sites is 2. The summed E-state index contributed by atoms with van der Waals surface area (Å²) >= 11 is 0. The third-order valence-corrected chi connectivity index (χ3v) is 4.29. The number of benzene rings is 1. The van der Waals surface area contributed by atoms with Gasteiger partial charge in [-0.3, -0.25) is 4.79 Å². The molecule has 0 atom stereocenters. The van der Waals surface area contributed by atoms with E-state index in [4.69, 9.17) is 0 Å². The summed E-state index contributed by atoms with van der Waals surface area (Å²) in [7, 11) is 1.87. The van der Waals surface area contributed by atoms with Crippen molar-refractivity contribution in [2.75, 3.05) is 0 Å². The molecule has 0 saturated heterocycles. The lowest BCUT2D eigenvalue weighted by Gasteiger charge is -2.30. The third kappa shape index (κ3) is 2.40. The first-order chi connectivity index (χ1) is 11.3. The highest BCUT2D eigenvalue weighted by molar-refractivity contribution is 5.80. The van der Waals surface area contributed by atoms with E-state index < -0.39 is 0 Å². The number of hydrogen-bond acceptors (Lipinski definition) is 3. The van der Waals surface area contributed by atoms with Crippen LogP contribution in [0.25, 0.3) is 16.8 Å². The third-order valence-electron chi connectivity index (χ3n) is 4.29. The van der Waals surface area contributed by atoms with E-state index in [9.17, 15) is 9.59 Å². The average molecular weight is 329 g/mol. The molecule has 0 bridgehead atoms. The first kappa shape index (κ1) is 16.3. The van der Waals surface area contributed by atoms with E-state index in [2.05, 4.69) is 5.10 Å². The van der Waals surface area contributed by atoms with Gasteiger partial charge in [0.2, 0.25) is 11.7 Å². The van der Waals surface area contributed by atoms with Gasteiger partial charge in [0.25, 0.3) is 0 Å². The minimum atomic E-state index is -0.289. The van der Waals surface area contributed by atoms with E-state index in [0.717, 1.165) is 11.0 Å². The van der Waals surface area contributed by atoms with Crippen LogP contribution in [0.2, 0.25) is 0 Å². The Morgan fingerprint density at radius 3 is 2.29 bits per heavy atom. The first-order valence-corrected chi connectivity index (χ1v) is 8.17. The second-order valence-electron chi connectivity index (χ2n) is 6.61. The molecule has 2 aromatic heterocycles. The molecule has 0 radical (unpaired) electrons. The lowest BCUT2D eigenvalue weighted by Crippen LogP contribution is -2.45. The van der Waals surface area contributed by atoms with Gasteiger partial charge in [-0.1, -0.05) is 12.1 Å². The Kier molecular flexibility index (Phi) is 3.95. The molecule has 0 aliphatic rings. The van der Waals surface area contributed by atoms with Crippen LogP contribution in [-0.2, 0) is 18.4 Å². The van der Waals surface area contributed by atoms with Crippen molar-refractivity contribution in [3.05, 3.63) is 34.7 Å². The molecule has 0 fully saturated rings. The Bertz CT molecular complexity index is 953. The van der Waals surface area contributed by atoms with Crippen molar-refractivity contribution in [3.63, 3.8) is 0 Å². The zero-order chi connectivity index (χ0) is 17.6. The SMILES string of the molecule is CC(C)N(C(=O)Cn1nc2n(C)c3ccccc3n2c1=O)C(C)C. The van der Waals surface area contributed by atoms with Gasteiger partial charge in [0.05, 0.1) is 11.0 Å². The highest BCUT2D eigenvalue weighted by Crippen LogP contribution is 2.16. The standard InChI is InChI=1S/C17H23N5O2/c1-11(2)21(12(3)4)15(23)10-20-17(24)22-14-9-7-6-8-13(14)19(5)16(22)18-20/h6-9,11-12H,10H2,1-5H3.